The molecule has 0 atom stereocenters. The molecule has 0 saturated carbocycles. The average Bonchev–Trinajstić information content (AvgIpc) is 2.27. The second-order valence-corrected chi connectivity index (χ2v) is 3.30. The van der Waals surface area contributed by atoms with E-state index in [1.807, 2.05) is 24.3 Å². The first kappa shape index (κ1) is 11.1. The topological polar surface area (TPSA) is 18.5 Å². The number of benzene rings is 1. The van der Waals surface area contributed by atoms with Crippen molar-refractivity contribution in [1.82, 2.24) is 0 Å². The van der Waals surface area contributed by atoms with E-state index in [9.17, 15) is 0 Å². The highest BCUT2D eigenvalue weighted by atomic mass is 32.1. The first-order chi connectivity index (χ1) is 6.69. The van der Waals surface area contributed by atoms with Crippen molar-refractivity contribution in [2.24, 2.45) is 0 Å². The van der Waals surface area contributed by atoms with Crippen molar-refractivity contribution >= 4 is 34.5 Å². The van der Waals surface area contributed by atoms with Crippen LogP contribution in [0.15, 0.2) is 24.3 Å². The Morgan fingerprint density at radius 1 is 0.857 bits per heavy atom. The van der Waals surface area contributed by atoms with Crippen LogP contribution in [0.3, 0.4) is 0 Å². The van der Waals surface area contributed by atoms with E-state index < -0.39 is 0 Å². The molecule has 0 aromatic heterocycles. The van der Waals surface area contributed by atoms with Gasteiger partial charge in [-0.25, -0.2) is 0 Å². The SMILES string of the molecule is COC(=S)c1ccc(C(=S)OC)cc1. The summed E-state index contributed by atoms with van der Waals surface area (Å²) in [6.45, 7) is 0. The standard InChI is InChI=1S/C10H10O2S2/c1-11-9(13)7-3-5-8(6-4-7)10(14)12-2/h3-6H,1-2H3. The minimum atomic E-state index is 0.472. The summed E-state index contributed by atoms with van der Waals surface area (Å²) < 4.78 is 9.86. The Bertz CT molecular complexity index is 309. The molecule has 1 rings (SSSR count). The summed E-state index contributed by atoms with van der Waals surface area (Å²) in [5, 5.41) is 0.944. The fraction of sp³-hybridized carbons (Fsp3) is 0.200. The second-order valence-electron chi connectivity index (χ2n) is 2.56. The lowest BCUT2D eigenvalue weighted by Gasteiger charge is -2.04. The van der Waals surface area contributed by atoms with Gasteiger partial charge in [0.1, 0.15) is 0 Å². The summed E-state index contributed by atoms with van der Waals surface area (Å²) in [7, 11) is 3.10. The fourth-order valence-corrected chi connectivity index (χ4v) is 1.25. The van der Waals surface area contributed by atoms with E-state index in [2.05, 4.69) is 0 Å². The third-order valence-electron chi connectivity index (χ3n) is 1.73. The fourth-order valence-electron chi connectivity index (χ4n) is 0.978. The smallest absolute Gasteiger partial charge is 0.190 e. The molecule has 74 valence electrons. The molecule has 0 aliphatic heterocycles. The quantitative estimate of drug-likeness (QED) is 0.720. The normalized spacial score (nSPS) is 9.29. The lowest BCUT2D eigenvalue weighted by atomic mass is 10.1. The minimum absolute atomic E-state index is 0.472. The van der Waals surface area contributed by atoms with Gasteiger partial charge in [0.2, 0.25) is 0 Å². The maximum absolute atomic E-state index is 4.97. The highest BCUT2D eigenvalue weighted by molar-refractivity contribution is 7.80. The molecule has 14 heavy (non-hydrogen) atoms. The van der Waals surface area contributed by atoms with Gasteiger partial charge in [-0.05, 0) is 48.7 Å². The number of hydrogen-bond acceptors (Lipinski definition) is 4. The van der Waals surface area contributed by atoms with E-state index >= 15 is 0 Å². The largest absolute Gasteiger partial charge is 0.486 e. The number of rotatable bonds is 2. The summed E-state index contributed by atoms with van der Waals surface area (Å²) in [5.74, 6) is 0. The Morgan fingerprint density at radius 2 is 1.14 bits per heavy atom. The Morgan fingerprint density at radius 3 is 1.36 bits per heavy atom. The molecule has 0 unspecified atom stereocenters. The van der Waals surface area contributed by atoms with Gasteiger partial charge in [0.05, 0.1) is 14.2 Å². The van der Waals surface area contributed by atoms with E-state index in [4.69, 9.17) is 33.9 Å². The second kappa shape index (κ2) is 5.02. The monoisotopic (exact) mass is 226 g/mol. The maximum Gasteiger partial charge on any atom is 0.190 e. The van der Waals surface area contributed by atoms with Crippen LogP contribution in [0.2, 0.25) is 0 Å². The predicted molar refractivity (Wildman–Crippen MR) is 63.9 cm³/mol. The van der Waals surface area contributed by atoms with Gasteiger partial charge in [-0.15, -0.1) is 0 Å². The summed E-state index contributed by atoms with van der Waals surface area (Å²) in [5.41, 5.74) is 1.73. The lowest BCUT2D eigenvalue weighted by molar-refractivity contribution is 0.415. The first-order valence-electron chi connectivity index (χ1n) is 3.95. The molecule has 0 bridgehead atoms. The molecule has 0 amide bonds. The van der Waals surface area contributed by atoms with E-state index in [0.29, 0.717) is 10.1 Å². The molecule has 2 nitrogen and oxygen atoms in total. The van der Waals surface area contributed by atoms with Crippen LogP contribution >= 0.6 is 24.4 Å². The molecule has 0 spiro atoms. The third kappa shape index (κ3) is 2.49. The van der Waals surface area contributed by atoms with Crippen LogP contribution in [-0.4, -0.2) is 24.3 Å². The Kier molecular flexibility index (Phi) is 3.98. The Labute approximate surface area is 93.8 Å². The van der Waals surface area contributed by atoms with Gasteiger partial charge in [-0.2, -0.15) is 0 Å². The number of methoxy groups -OCH3 is 2. The van der Waals surface area contributed by atoms with E-state index in [-0.39, 0.29) is 0 Å². The van der Waals surface area contributed by atoms with Crippen LogP contribution in [0.5, 0.6) is 0 Å². The molecular formula is C10H10O2S2. The predicted octanol–water partition coefficient (Wildman–Crippen LogP) is 2.33. The van der Waals surface area contributed by atoms with Crippen LogP contribution in [0, 0.1) is 0 Å². The van der Waals surface area contributed by atoms with Crippen molar-refractivity contribution in [3.8, 4) is 0 Å². The Balaban J connectivity index is 2.89. The zero-order valence-corrected chi connectivity index (χ0v) is 9.58. The number of thiocarbonyl (C=S) groups is 2. The zero-order chi connectivity index (χ0) is 10.6. The molecule has 0 radical (unpaired) electrons. The van der Waals surface area contributed by atoms with Crippen LogP contribution in [0.4, 0.5) is 0 Å². The molecular weight excluding hydrogens is 216 g/mol. The minimum Gasteiger partial charge on any atom is -0.486 e. The van der Waals surface area contributed by atoms with E-state index in [1.54, 1.807) is 14.2 Å². The number of ether oxygens (including phenoxy) is 2. The van der Waals surface area contributed by atoms with Gasteiger partial charge in [0.15, 0.2) is 10.1 Å². The van der Waals surface area contributed by atoms with Crippen molar-refractivity contribution in [2.45, 2.75) is 0 Å². The summed E-state index contributed by atoms with van der Waals surface area (Å²) in [6.07, 6.45) is 0. The molecule has 0 aliphatic carbocycles. The van der Waals surface area contributed by atoms with Gasteiger partial charge in [-0.3, -0.25) is 0 Å². The molecule has 0 heterocycles. The van der Waals surface area contributed by atoms with Gasteiger partial charge in [0, 0.05) is 11.1 Å². The highest BCUT2D eigenvalue weighted by Gasteiger charge is 2.03. The lowest BCUT2D eigenvalue weighted by Crippen LogP contribution is -2.02. The molecule has 1 aromatic carbocycles. The molecule has 0 N–H and O–H groups in total. The summed E-state index contributed by atoms with van der Waals surface area (Å²) in [6, 6.07) is 7.41. The molecule has 0 aliphatic rings. The molecule has 0 fully saturated rings. The zero-order valence-electron chi connectivity index (χ0n) is 7.94. The van der Waals surface area contributed by atoms with Crippen LogP contribution in [0.1, 0.15) is 11.1 Å². The van der Waals surface area contributed by atoms with Crippen LogP contribution in [0.25, 0.3) is 0 Å². The third-order valence-corrected chi connectivity index (χ3v) is 2.53. The number of hydrogen-bond donors (Lipinski definition) is 0. The van der Waals surface area contributed by atoms with Gasteiger partial charge in [-0.1, -0.05) is 0 Å². The van der Waals surface area contributed by atoms with Crippen molar-refractivity contribution in [3.05, 3.63) is 35.4 Å². The average molecular weight is 226 g/mol. The molecule has 0 saturated heterocycles. The van der Waals surface area contributed by atoms with E-state index in [1.165, 1.54) is 0 Å². The van der Waals surface area contributed by atoms with Gasteiger partial charge < -0.3 is 9.47 Å². The Hall–Kier alpha value is -1.00. The van der Waals surface area contributed by atoms with Crippen LogP contribution in [-0.2, 0) is 9.47 Å². The molecule has 4 heteroatoms. The molecule has 1 aromatic rings. The summed E-state index contributed by atoms with van der Waals surface area (Å²) >= 11 is 9.95. The van der Waals surface area contributed by atoms with Crippen LogP contribution < -0.4 is 0 Å². The van der Waals surface area contributed by atoms with Gasteiger partial charge in [0.25, 0.3) is 0 Å². The first-order valence-corrected chi connectivity index (χ1v) is 4.77. The van der Waals surface area contributed by atoms with Crippen molar-refractivity contribution in [1.29, 1.82) is 0 Å². The van der Waals surface area contributed by atoms with Gasteiger partial charge >= 0.3 is 0 Å². The van der Waals surface area contributed by atoms with Crippen molar-refractivity contribution in [3.63, 3.8) is 0 Å². The maximum atomic E-state index is 4.97. The van der Waals surface area contributed by atoms with E-state index in [0.717, 1.165) is 11.1 Å². The summed E-state index contributed by atoms with van der Waals surface area (Å²) in [4.78, 5) is 0. The highest BCUT2D eigenvalue weighted by Crippen LogP contribution is 2.08. The van der Waals surface area contributed by atoms with Crippen molar-refractivity contribution < 1.29 is 9.47 Å². The van der Waals surface area contributed by atoms with Crippen molar-refractivity contribution in [2.75, 3.05) is 14.2 Å².